The molecule has 4 aromatic rings. The van der Waals surface area contributed by atoms with E-state index in [2.05, 4.69) is 9.62 Å². The minimum Gasteiger partial charge on any atom is -0.508 e. The van der Waals surface area contributed by atoms with E-state index in [4.69, 9.17) is 21.3 Å². The van der Waals surface area contributed by atoms with E-state index < -0.39 is 10.0 Å². The predicted octanol–water partition coefficient (Wildman–Crippen LogP) is 5.00. The number of aromatic nitrogens is 1. The highest BCUT2D eigenvalue weighted by atomic mass is 35.5. The van der Waals surface area contributed by atoms with Crippen LogP contribution < -0.4 is 14.4 Å². The van der Waals surface area contributed by atoms with E-state index in [0.29, 0.717) is 36.3 Å². The van der Waals surface area contributed by atoms with Crippen molar-refractivity contribution in [3.05, 3.63) is 69.9 Å². The number of sulfonamides is 1. The van der Waals surface area contributed by atoms with Gasteiger partial charge in [-0.15, -0.1) is 22.7 Å². The van der Waals surface area contributed by atoms with Gasteiger partial charge in [-0.05, 0) is 48.5 Å². The van der Waals surface area contributed by atoms with E-state index in [9.17, 15) is 18.3 Å². The van der Waals surface area contributed by atoms with Gasteiger partial charge in [0, 0.05) is 43.2 Å². The number of hydrogen-bond donors (Lipinski definition) is 2. The summed E-state index contributed by atoms with van der Waals surface area (Å²) in [4.78, 5) is 22.0. The minimum atomic E-state index is -3.94. The Morgan fingerprint density at radius 2 is 1.82 bits per heavy atom. The lowest BCUT2D eigenvalue weighted by molar-refractivity contribution is 0.0748. The van der Waals surface area contributed by atoms with Crippen molar-refractivity contribution in [3.63, 3.8) is 0 Å². The van der Waals surface area contributed by atoms with Gasteiger partial charge in [0.25, 0.3) is 15.9 Å². The third-order valence-electron chi connectivity index (χ3n) is 6.01. The largest absolute Gasteiger partial charge is 0.508 e. The van der Waals surface area contributed by atoms with E-state index in [-0.39, 0.29) is 27.1 Å². The molecule has 13 heteroatoms. The van der Waals surface area contributed by atoms with Crippen molar-refractivity contribution >= 4 is 61.0 Å². The van der Waals surface area contributed by atoms with Gasteiger partial charge in [-0.25, -0.2) is 13.4 Å². The molecule has 0 aliphatic carbocycles. The number of carbonyl (C=O) groups is 1. The fourth-order valence-electron chi connectivity index (χ4n) is 4.00. The number of rotatable bonds is 7. The molecule has 3 heterocycles. The van der Waals surface area contributed by atoms with Crippen LogP contribution in [-0.4, -0.2) is 62.6 Å². The van der Waals surface area contributed by atoms with Gasteiger partial charge in [0.2, 0.25) is 0 Å². The molecule has 1 aliphatic heterocycles. The molecule has 0 atom stereocenters. The van der Waals surface area contributed by atoms with Crippen LogP contribution in [0.4, 0.5) is 10.8 Å². The van der Waals surface area contributed by atoms with Gasteiger partial charge >= 0.3 is 0 Å². The molecule has 38 heavy (non-hydrogen) atoms. The molecular formula is C25H23ClN4O5S3. The number of methoxy groups -OCH3 is 1. The number of amides is 1. The average Bonchev–Trinajstić information content (AvgIpc) is 3.59. The first-order chi connectivity index (χ1) is 18.2. The lowest BCUT2D eigenvalue weighted by Crippen LogP contribution is -2.49. The van der Waals surface area contributed by atoms with Gasteiger partial charge in [-0.3, -0.25) is 9.52 Å². The molecule has 2 N–H and O–H groups in total. The van der Waals surface area contributed by atoms with Crippen LogP contribution in [0.5, 0.6) is 11.5 Å². The van der Waals surface area contributed by atoms with E-state index in [1.54, 1.807) is 29.2 Å². The number of nitrogens with zero attached hydrogens (tertiary/aromatic N) is 3. The normalized spacial score (nSPS) is 13.9. The van der Waals surface area contributed by atoms with E-state index in [1.807, 2.05) is 17.5 Å². The van der Waals surface area contributed by atoms with Crippen LogP contribution in [0.15, 0.2) is 64.2 Å². The summed E-state index contributed by atoms with van der Waals surface area (Å²) in [5.74, 6) is 0.341. The molecule has 0 unspecified atom stereocenters. The third kappa shape index (κ3) is 5.58. The zero-order chi connectivity index (χ0) is 26.9. The Kier molecular flexibility index (Phi) is 7.48. The number of halogens is 1. The van der Waals surface area contributed by atoms with Gasteiger partial charge in [-0.2, -0.15) is 0 Å². The van der Waals surface area contributed by atoms with Gasteiger partial charge in [0.15, 0.2) is 5.13 Å². The predicted molar refractivity (Wildman–Crippen MR) is 150 cm³/mol. The van der Waals surface area contributed by atoms with Gasteiger partial charge in [-0.1, -0.05) is 11.6 Å². The SMILES string of the molecule is COc1ccc(C(=O)N2CCN(c3nc(-c4ccc(O)cc4)cs3)CC2)c(NS(=O)(=O)c2ccc(Cl)s2)c1. The first-order valence-corrected chi connectivity index (χ1v) is 15.0. The van der Waals surface area contributed by atoms with E-state index >= 15 is 0 Å². The average molecular weight is 591 g/mol. The Morgan fingerprint density at radius 1 is 1.08 bits per heavy atom. The Balaban J connectivity index is 1.30. The topological polar surface area (TPSA) is 112 Å². The summed E-state index contributed by atoms with van der Waals surface area (Å²) in [5.41, 5.74) is 2.11. The number of piperazine rings is 1. The molecule has 1 amide bonds. The maximum Gasteiger partial charge on any atom is 0.271 e. The monoisotopic (exact) mass is 590 g/mol. The summed E-state index contributed by atoms with van der Waals surface area (Å²) in [6.07, 6.45) is 0. The van der Waals surface area contributed by atoms with Crippen LogP contribution in [0.25, 0.3) is 11.3 Å². The second kappa shape index (κ2) is 10.8. The number of aromatic hydroxyl groups is 1. The van der Waals surface area contributed by atoms with Crippen LogP contribution in [0.1, 0.15) is 10.4 Å². The molecule has 0 saturated carbocycles. The summed E-state index contributed by atoms with van der Waals surface area (Å²) in [6.45, 7) is 2.07. The number of hydrogen-bond acceptors (Lipinski definition) is 9. The summed E-state index contributed by atoms with van der Waals surface area (Å²) in [6, 6.07) is 14.5. The molecule has 0 radical (unpaired) electrons. The van der Waals surface area contributed by atoms with Crippen LogP contribution in [0, 0.1) is 0 Å². The zero-order valence-electron chi connectivity index (χ0n) is 20.1. The van der Waals surface area contributed by atoms with Crippen LogP contribution in [0.2, 0.25) is 4.34 Å². The molecule has 198 valence electrons. The van der Waals surface area contributed by atoms with Crippen molar-refractivity contribution in [3.8, 4) is 22.8 Å². The number of phenols is 1. The summed E-state index contributed by atoms with van der Waals surface area (Å²) in [7, 11) is -2.47. The van der Waals surface area contributed by atoms with Crippen molar-refractivity contribution in [1.82, 2.24) is 9.88 Å². The van der Waals surface area contributed by atoms with Gasteiger partial charge in [0.05, 0.1) is 28.4 Å². The highest BCUT2D eigenvalue weighted by Crippen LogP contribution is 2.32. The number of thiazole rings is 1. The van der Waals surface area contributed by atoms with Crippen LogP contribution in [-0.2, 0) is 10.0 Å². The standard InChI is InChI=1S/C25H23ClN4O5S3/c1-35-18-6-7-19(20(14-18)28-38(33,34)23-9-8-22(26)37-23)24(32)29-10-12-30(13-11-29)25-27-21(15-36-25)16-2-4-17(31)5-3-16/h2-9,14-15,28,31H,10-13H2,1H3. The highest BCUT2D eigenvalue weighted by Gasteiger charge is 2.27. The molecule has 9 nitrogen and oxygen atoms in total. The Labute approximate surface area is 232 Å². The Hall–Kier alpha value is -3.32. The van der Waals surface area contributed by atoms with E-state index in [0.717, 1.165) is 27.7 Å². The molecule has 0 bridgehead atoms. The zero-order valence-corrected chi connectivity index (χ0v) is 23.3. The molecule has 1 aliphatic rings. The molecule has 5 rings (SSSR count). The number of phenolic OH excluding ortho intramolecular Hbond substituents is 1. The first kappa shape index (κ1) is 26.3. The van der Waals surface area contributed by atoms with Crippen LogP contribution in [0.3, 0.4) is 0 Å². The van der Waals surface area contributed by atoms with Crippen molar-refractivity contribution in [2.75, 3.05) is 42.9 Å². The number of benzene rings is 2. The third-order valence-corrected chi connectivity index (χ3v) is 10.00. The van der Waals surface area contributed by atoms with Crippen molar-refractivity contribution < 1.29 is 23.1 Å². The lowest BCUT2D eigenvalue weighted by Gasteiger charge is -2.35. The Bertz CT molecular complexity index is 1560. The summed E-state index contributed by atoms with van der Waals surface area (Å²) in [5, 5.41) is 12.3. The van der Waals surface area contributed by atoms with Crippen molar-refractivity contribution in [2.45, 2.75) is 4.21 Å². The molecule has 2 aromatic heterocycles. The molecule has 0 spiro atoms. The maximum absolute atomic E-state index is 13.5. The second-order valence-corrected chi connectivity index (χ2v) is 12.9. The number of anilines is 2. The maximum atomic E-state index is 13.5. The number of ether oxygens (including phenoxy) is 1. The minimum absolute atomic E-state index is 0.0486. The lowest BCUT2D eigenvalue weighted by atomic mass is 10.1. The number of carbonyl (C=O) groups excluding carboxylic acids is 1. The fourth-order valence-corrected chi connectivity index (χ4v) is 7.45. The van der Waals surface area contributed by atoms with Gasteiger partial charge < -0.3 is 19.6 Å². The van der Waals surface area contributed by atoms with Crippen molar-refractivity contribution in [2.24, 2.45) is 0 Å². The number of nitrogens with one attached hydrogen (secondary N) is 1. The van der Waals surface area contributed by atoms with Crippen LogP contribution >= 0.6 is 34.3 Å². The van der Waals surface area contributed by atoms with Gasteiger partial charge in [0.1, 0.15) is 15.7 Å². The summed E-state index contributed by atoms with van der Waals surface area (Å²) >= 11 is 8.38. The molecule has 1 saturated heterocycles. The molecular weight excluding hydrogens is 568 g/mol. The smallest absolute Gasteiger partial charge is 0.271 e. The van der Waals surface area contributed by atoms with Crippen molar-refractivity contribution in [1.29, 1.82) is 0 Å². The molecule has 1 fully saturated rings. The first-order valence-electron chi connectivity index (χ1n) is 11.5. The Morgan fingerprint density at radius 3 is 2.47 bits per heavy atom. The number of thiophene rings is 1. The van der Waals surface area contributed by atoms with E-state index in [1.165, 1.54) is 36.6 Å². The molecule has 2 aromatic carbocycles. The quantitative estimate of drug-likeness (QED) is 0.311. The fraction of sp³-hybridized carbons (Fsp3) is 0.200. The highest BCUT2D eigenvalue weighted by molar-refractivity contribution is 7.94. The summed E-state index contributed by atoms with van der Waals surface area (Å²) < 4.78 is 34.1. The second-order valence-electron chi connectivity index (χ2n) is 8.42.